The molecular formula is C9H10BrCl2NO3S. The van der Waals surface area contributed by atoms with Crippen LogP contribution in [0.25, 0.3) is 0 Å². The van der Waals surface area contributed by atoms with E-state index in [9.17, 15) is 9.59 Å². The molecule has 0 aromatic rings. The highest BCUT2D eigenvalue weighted by atomic mass is 79.9. The number of nitrogens with zero attached hydrogens (tertiary/aromatic N) is 1. The van der Waals surface area contributed by atoms with Crippen LogP contribution < -0.4 is 0 Å². The molecule has 2 atom stereocenters. The van der Waals surface area contributed by atoms with Crippen molar-refractivity contribution in [3.63, 3.8) is 0 Å². The Kier molecular flexibility index (Phi) is 3.39. The van der Waals surface area contributed by atoms with Gasteiger partial charge in [0.1, 0.15) is 16.9 Å². The third-order valence-corrected chi connectivity index (χ3v) is 5.71. The average molecular weight is 363 g/mol. The largest absolute Gasteiger partial charge is 0.452 e. The number of esters is 1. The Morgan fingerprint density at radius 1 is 1.59 bits per heavy atom. The highest BCUT2D eigenvalue weighted by molar-refractivity contribution is 9.09. The van der Waals surface area contributed by atoms with E-state index < -0.39 is 27.0 Å². The lowest BCUT2D eigenvalue weighted by molar-refractivity contribution is -0.160. The molecule has 2 aliphatic rings. The van der Waals surface area contributed by atoms with Crippen molar-refractivity contribution in [1.82, 2.24) is 4.90 Å². The molecule has 0 saturated carbocycles. The van der Waals surface area contributed by atoms with Crippen LogP contribution in [-0.4, -0.2) is 42.8 Å². The molecule has 2 saturated heterocycles. The zero-order valence-electron chi connectivity index (χ0n) is 9.08. The van der Waals surface area contributed by atoms with E-state index in [1.807, 2.05) is 13.8 Å². The van der Waals surface area contributed by atoms with Gasteiger partial charge in [0, 0.05) is 4.75 Å². The number of fused-ring (bicyclic) bond motifs is 1. The smallest absolute Gasteiger partial charge is 0.331 e. The fraction of sp³-hybridized carbons (Fsp3) is 0.778. The first-order valence-electron chi connectivity index (χ1n) is 4.84. The van der Waals surface area contributed by atoms with Crippen molar-refractivity contribution in [1.29, 1.82) is 0 Å². The number of hydrogen-bond acceptors (Lipinski definition) is 4. The number of carbonyl (C=O) groups is 2. The molecule has 2 heterocycles. The topological polar surface area (TPSA) is 46.6 Å². The summed E-state index contributed by atoms with van der Waals surface area (Å²) in [5.41, 5.74) is 0.0999. The van der Waals surface area contributed by atoms with Gasteiger partial charge in [-0.3, -0.25) is 4.79 Å². The number of alkyl halides is 3. The molecule has 1 amide bonds. The minimum absolute atomic E-state index is 0.0999. The Labute approximate surface area is 121 Å². The molecule has 17 heavy (non-hydrogen) atoms. The lowest BCUT2D eigenvalue weighted by atomic mass is 9.98. The average Bonchev–Trinajstić information content (AvgIpc) is 2.48. The minimum Gasteiger partial charge on any atom is -0.452 e. The summed E-state index contributed by atoms with van der Waals surface area (Å²) in [5, 5.41) is -0.388. The Morgan fingerprint density at radius 3 is 2.71 bits per heavy atom. The number of carbonyl (C=O) groups excluding carboxylic acids is 2. The minimum atomic E-state index is -1.43. The summed E-state index contributed by atoms with van der Waals surface area (Å²) in [6.45, 7) is 3.74. The molecule has 0 radical (unpaired) electrons. The van der Waals surface area contributed by atoms with Gasteiger partial charge < -0.3 is 9.64 Å². The van der Waals surface area contributed by atoms with Crippen molar-refractivity contribution in [3.8, 4) is 0 Å². The summed E-state index contributed by atoms with van der Waals surface area (Å²) in [7, 11) is 0. The van der Waals surface area contributed by atoms with E-state index in [4.69, 9.17) is 27.9 Å². The van der Waals surface area contributed by atoms with Crippen LogP contribution in [0.5, 0.6) is 0 Å². The van der Waals surface area contributed by atoms with Crippen LogP contribution in [0, 0.1) is 0 Å². The molecule has 0 aliphatic carbocycles. The fourth-order valence-electron chi connectivity index (χ4n) is 2.09. The summed E-state index contributed by atoms with van der Waals surface area (Å²) in [6.07, 6.45) is 0. The number of hydrogen-bond donors (Lipinski definition) is 0. The number of thioether (sulfide) groups is 1. The Balaban J connectivity index is 2.28. The van der Waals surface area contributed by atoms with Crippen molar-refractivity contribution in [2.75, 3.05) is 5.52 Å². The first-order valence-corrected chi connectivity index (χ1v) is 7.60. The highest BCUT2D eigenvalue weighted by Gasteiger charge is 2.70. The van der Waals surface area contributed by atoms with Gasteiger partial charge in [0.05, 0.1) is 0 Å². The van der Waals surface area contributed by atoms with Gasteiger partial charge in [-0.2, -0.15) is 0 Å². The van der Waals surface area contributed by atoms with E-state index in [-0.39, 0.29) is 10.9 Å². The molecule has 0 aromatic heterocycles. The summed E-state index contributed by atoms with van der Waals surface area (Å²) in [4.78, 5) is 25.1. The lowest BCUT2D eigenvalue weighted by Crippen LogP contribution is -2.68. The summed E-state index contributed by atoms with van der Waals surface area (Å²) >= 11 is 16.3. The third-order valence-electron chi connectivity index (χ3n) is 2.85. The number of halogens is 3. The predicted molar refractivity (Wildman–Crippen MR) is 70.4 cm³/mol. The van der Waals surface area contributed by atoms with Crippen LogP contribution >= 0.6 is 50.9 Å². The molecule has 96 valence electrons. The van der Waals surface area contributed by atoms with E-state index >= 15 is 0 Å². The fourth-order valence-corrected chi connectivity index (χ4v) is 4.49. The van der Waals surface area contributed by atoms with Gasteiger partial charge in [-0.25, -0.2) is 4.79 Å². The van der Waals surface area contributed by atoms with Crippen molar-refractivity contribution < 1.29 is 14.3 Å². The number of β-lactam (4-membered cyclic amide) rings is 1. The highest BCUT2D eigenvalue weighted by Crippen LogP contribution is 2.58. The van der Waals surface area contributed by atoms with Gasteiger partial charge >= 0.3 is 5.97 Å². The van der Waals surface area contributed by atoms with Crippen molar-refractivity contribution in [3.05, 3.63) is 0 Å². The second kappa shape index (κ2) is 4.18. The molecule has 2 aliphatic heterocycles. The van der Waals surface area contributed by atoms with Crippen LogP contribution in [0.4, 0.5) is 0 Å². The first kappa shape index (κ1) is 13.8. The number of ether oxygens (including phenoxy) is 1. The number of rotatable bonds is 2. The molecular weight excluding hydrogens is 353 g/mol. The van der Waals surface area contributed by atoms with E-state index in [1.54, 1.807) is 0 Å². The van der Waals surface area contributed by atoms with Crippen molar-refractivity contribution >= 4 is 62.8 Å². The van der Waals surface area contributed by atoms with Crippen LogP contribution in [0.3, 0.4) is 0 Å². The van der Waals surface area contributed by atoms with Gasteiger partial charge in [0.2, 0.25) is 4.33 Å². The molecule has 2 rings (SSSR count). The Morgan fingerprint density at radius 2 is 2.18 bits per heavy atom. The quantitative estimate of drug-likeness (QED) is 0.429. The van der Waals surface area contributed by atoms with Crippen LogP contribution in [0.15, 0.2) is 0 Å². The lowest BCUT2D eigenvalue weighted by Gasteiger charge is -2.45. The maximum Gasteiger partial charge on any atom is 0.331 e. The monoisotopic (exact) mass is 361 g/mol. The maximum absolute atomic E-state index is 11.9. The van der Waals surface area contributed by atoms with Gasteiger partial charge in [-0.05, 0) is 29.8 Å². The zero-order chi connectivity index (χ0) is 13.0. The zero-order valence-corrected chi connectivity index (χ0v) is 13.0. The summed E-state index contributed by atoms with van der Waals surface area (Å²) in [5.74, 6) is -0.875. The van der Waals surface area contributed by atoms with Gasteiger partial charge in [-0.15, -0.1) is 11.8 Å². The SMILES string of the molecule is CC1(C)S[C@H]2N(C(=O)C2(Cl)Cl)[C@H]1C(=O)OCBr. The van der Waals surface area contributed by atoms with Gasteiger partial charge in [-0.1, -0.05) is 23.2 Å². The normalized spacial score (nSPS) is 33.0. The Bertz CT molecular complexity index is 390. The van der Waals surface area contributed by atoms with E-state index in [2.05, 4.69) is 15.9 Å². The third kappa shape index (κ3) is 1.88. The Hall–Kier alpha value is 0.350. The van der Waals surface area contributed by atoms with Crippen molar-refractivity contribution in [2.45, 2.75) is 34.3 Å². The molecule has 8 heteroatoms. The number of amides is 1. The summed E-state index contributed by atoms with van der Waals surface area (Å²) < 4.78 is 3.02. The summed E-state index contributed by atoms with van der Waals surface area (Å²) in [6, 6.07) is -0.645. The standard InChI is InChI=1S/C9H10BrCl2NO3S/c1-8(2)4(5(14)16-3-10)13-6(15)9(11,12)7(13)17-8/h4,7H,3H2,1-2H3/t4-,7+/m0/s1. The molecule has 4 nitrogen and oxygen atoms in total. The molecule has 0 aromatic carbocycles. The van der Waals surface area contributed by atoms with Crippen molar-refractivity contribution in [2.24, 2.45) is 0 Å². The second-order valence-electron chi connectivity index (χ2n) is 4.38. The van der Waals surface area contributed by atoms with Crippen LogP contribution in [0.1, 0.15) is 13.8 Å². The predicted octanol–water partition coefficient (Wildman–Crippen LogP) is 2.12. The first-order chi connectivity index (χ1) is 7.73. The molecule has 2 fully saturated rings. The molecule has 0 unspecified atom stereocenters. The molecule has 0 spiro atoms. The van der Waals surface area contributed by atoms with Gasteiger partial charge in [0.15, 0.2) is 0 Å². The molecule has 0 bridgehead atoms. The van der Waals surface area contributed by atoms with Gasteiger partial charge in [0.25, 0.3) is 5.91 Å². The van der Waals surface area contributed by atoms with E-state index in [0.29, 0.717) is 0 Å². The van der Waals surface area contributed by atoms with Crippen LogP contribution in [0.2, 0.25) is 0 Å². The second-order valence-corrected chi connectivity index (χ2v) is 7.96. The van der Waals surface area contributed by atoms with E-state index in [1.165, 1.54) is 16.7 Å². The maximum atomic E-state index is 11.9. The van der Waals surface area contributed by atoms with E-state index in [0.717, 1.165) is 0 Å². The molecule has 0 N–H and O–H groups in total. The van der Waals surface area contributed by atoms with Crippen LogP contribution in [-0.2, 0) is 14.3 Å².